The molecular formula is C14H19NO2. The van der Waals surface area contributed by atoms with Crippen molar-refractivity contribution in [1.29, 1.82) is 0 Å². The van der Waals surface area contributed by atoms with Crippen molar-refractivity contribution in [1.82, 2.24) is 4.90 Å². The highest BCUT2D eigenvalue weighted by molar-refractivity contribution is 5.96. The van der Waals surface area contributed by atoms with Crippen molar-refractivity contribution < 1.29 is 9.90 Å². The van der Waals surface area contributed by atoms with Crippen LogP contribution in [0.2, 0.25) is 0 Å². The molecule has 17 heavy (non-hydrogen) atoms. The fraction of sp³-hybridized carbons (Fsp3) is 0.500. The summed E-state index contributed by atoms with van der Waals surface area (Å²) in [5.74, 6) is 1.33. The Morgan fingerprint density at radius 3 is 2.47 bits per heavy atom. The fourth-order valence-corrected chi connectivity index (χ4v) is 2.32. The number of nitrogens with zero attached hydrogens (tertiary/aromatic N) is 1. The second kappa shape index (κ2) is 4.40. The zero-order valence-corrected chi connectivity index (χ0v) is 10.6. The number of amides is 1. The van der Waals surface area contributed by atoms with Gasteiger partial charge in [0.2, 0.25) is 0 Å². The Balaban J connectivity index is 2.24. The Bertz CT molecular complexity index is 432. The van der Waals surface area contributed by atoms with E-state index in [1.165, 1.54) is 0 Å². The molecule has 1 N–H and O–H groups in total. The minimum atomic E-state index is 0.0367. The van der Waals surface area contributed by atoms with Crippen molar-refractivity contribution in [3.8, 4) is 5.75 Å². The maximum atomic E-state index is 12.3. The highest BCUT2D eigenvalue weighted by Gasteiger charge is 2.30. The number of carbonyl (C=O) groups is 1. The maximum Gasteiger partial charge on any atom is 0.254 e. The predicted molar refractivity (Wildman–Crippen MR) is 67.1 cm³/mol. The van der Waals surface area contributed by atoms with Gasteiger partial charge in [0.05, 0.1) is 0 Å². The Hall–Kier alpha value is -1.51. The minimum absolute atomic E-state index is 0.0367. The van der Waals surface area contributed by atoms with Crippen molar-refractivity contribution in [3.05, 3.63) is 29.3 Å². The summed E-state index contributed by atoms with van der Waals surface area (Å²) >= 11 is 0. The third-order valence-corrected chi connectivity index (χ3v) is 3.81. The van der Waals surface area contributed by atoms with Gasteiger partial charge in [-0.15, -0.1) is 0 Å². The molecule has 1 aliphatic rings. The second-order valence-electron chi connectivity index (χ2n) is 5.11. The molecule has 0 aromatic heterocycles. The minimum Gasteiger partial charge on any atom is -0.508 e. The first-order chi connectivity index (χ1) is 8.00. The van der Waals surface area contributed by atoms with Gasteiger partial charge in [-0.3, -0.25) is 4.79 Å². The van der Waals surface area contributed by atoms with Gasteiger partial charge in [-0.05, 0) is 30.9 Å². The van der Waals surface area contributed by atoms with Crippen LogP contribution in [0.25, 0.3) is 0 Å². The van der Waals surface area contributed by atoms with Gasteiger partial charge in [-0.1, -0.05) is 19.9 Å². The maximum absolute atomic E-state index is 12.3. The van der Waals surface area contributed by atoms with Crippen LogP contribution in [0.5, 0.6) is 5.75 Å². The van der Waals surface area contributed by atoms with Gasteiger partial charge in [-0.25, -0.2) is 0 Å². The van der Waals surface area contributed by atoms with Gasteiger partial charge >= 0.3 is 0 Å². The molecular weight excluding hydrogens is 214 g/mol. The zero-order chi connectivity index (χ0) is 12.6. The quantitative estimate of drug-likeness (QED) is 0.809. The van der Waals surface area contributed by atoms with E-state index >= 15 is 0 Å². The summed E-state index contributed by atoms with van der Waals surface area (Å²) in [5, 5.41) is 9.63. The lowest BCUT2D eigenvalue weighted by Crippen LogP contribution is -2.29. The number of likely N-dealkylation sites (tertiary alicyclic amines) is 1. The summed E-state index contributed by atoms with van der Waals surface area (Å²) in [7, 11) is 0. The number of carbonyl (C=O) groups excluding carboxylic acids is 1. The van der Waals surface area contributed by atoms with E-state index in [1.54, 1.807) is 25.1 Å². The van der Waals surface area contributed by atoms with Crippen LogP contribution in [-0.4, -0.2) is 29.0 Å². The van der Waals surface area contributed by atoms with E-state index in [-0.39, 0.29) is 11.7 Å². The van der Waals surface area contributed by atoms with Crippen LogP contribution >= 0.6 is 0 Å². The lowest BCUT2D eigenvalue weighted by atomic mass is 10.0. The van der Waals surface area contributed by atoms with Crippen LogP contribution in [-0.2, 0) is 0 Å². The highest BCUT2D eigenvalue weighted by atomic mass is 16.3. The predicted octanol–water partition coefficient (Wildman–Crippen LogP) is 2.43. The SMILES string of the molecule is Cc1c(O)cccc1C(=O)N1CC(C)C(C)C1. The molecule has 0 aliphatic carbocycles. The van der Waals surface area contributed by atoms with Crippen LogP contribution in [0.15, 0.2) is 18.2 Å². The summed E-state index contributed by atoms with van der Waals surface area (Å²) in [6.45, 7) is 7.76. The first kappa shape index (κ1) is 12.0. The first-order valence-electron chi connectivity index (χ1n) is 6.08. The molecule has 1 heterocycles. The molecule has 92 valence electrons. The van der Waals surface area contributed by atoms with Crippen molar-refractivity contribution >= 4 is 5.91 Å². The Labute approximate surface area is 102 Å². The monoisotopic (exact) mass is 233 g/mol. The van der Waals surface area contributed by atoms with Crippen LogP contribution in [0.4, 0.5) is 0 Å². The van der Waals surface area contributed by atoms with Gasteiger partial charge in [0.1, 0.15) is 5.75 Å². The number of rotatable bonds is 1. The largest absolute Gasteiger partial charge is 0.508 e. The fourth-order valence-electron chi connectivity index (χ4n) is 2.32. The average Bonchev–Trinajstić information content (AvgIpc) is 2.62. The van der Waals surface area contributed by atoms with E-state index < -0.39 is 0 Å². The van der Waals surface area contributed by atoms with Gasteiger partial charge in [-0.2, -0.15) is 0 Å². The number of benzene rings is 1. The van der Waals surface area contributed by atoms with E-state index in [9.17, 15) is 9.90 Å². The Morgan fingerprint density at radius 2 is 1.88 bits per heavy atom. The zero-order valence-electron chi connectivity index (χ0n) is 10.6. The summed E-state index contributed by atoms with van der Waals surface area (Å²) in [6, 6.07) is 5.12. The number of hydrogen-bond acceptors (Lipinski definition) is 2. The summed E-state index contributed by atoms with van der Waals surface area (Å²) in [5.41, 5.74) is 1.29. The standard InChI is InChI=1S/C14H19NO2/c1-9-7-15(8-10(9)2)14(17)12-5-4-6-13(16)11(12)3/h4-6,9-10,16H,7-8H2,1-3H3. The lowest BCUT2D eigenvalue weighted by molar-refractivity contribution is 0.0784. The molecule has 0 saturated carbocycles. The van der Waals surface area contributed by atoms with Crippen molar-refractivity contribution in [3.63, 3.8) is 0 Å². The summed E-state index contributed by atoms with van der Waals surface area (Å²) in [6.07, 6.45) is 0. The first-order valence-corrected chi connectivity index (χ1v) is 6.08. The molecule has 3 heteroatoms. The molecule has 1 aromatic rings. The van der Waals surface area contributed by atoms with Gasteiger partial charge < -0.3 is 10.0 Å². The molecule has 2 atom stereocenters. The average molecular weight is 233 g/mol. The molecule has 2 rings (SSSR count). The number of phenolic OH excluding ortho intramolecular Hbond substituents is 1. The van der Waals surface area contributed by atoms with E-state index in [0.29, 0.717) is 23.0 Å². The molecule has 3 nitrogen and oxygen atoms in total. The second-order valence-corrected chi connectivity index (χ2v) is 5.11. The molecule has 1 aliphatic heterocycles. The van der Waals surface area contributed by atoms with E-state index in [0.717, 1.165) is 13.1 Å². The molecule has 2 unspecified atom stereocenters. The van der Waals surface area contributed by atoms with Crippen LogP contribution in [0.3, 0.4) is 0 Å². The van der Waals surface area contributed by atoms with Crippen molar-refractivity contribution in [2.75, 3.05) is 13.1 Å². The van der Waals surface area contributed by atoms with Crippen molar-refractivity contribution in [2.45, 2.75) is 20.8 Å². The van der Waals surface area contributed by atoms with E-state index in [1.807, 2.05) is 4.90 Å². The topological polar surface area (TPSA) is 40.5 Å². The molecule has 0 radical (unpaired) electrons. The number of aromatic hydroxyl groups is 1. The Kier molecular flexibility index (Phi) is 3.09. The normalized spacial score (nSPS) is 24.1. The molecule has 1 fully saturated rings. The molecule has 0 bridgehead atoms. The number of phenols is 1. The van der Waals surface area contributed by atoms with E-state index in [2.05, 4.69) is 13.8 Å². The highest BCUT2D eigenvalue weighted by Crippen LogP contribution is 2.26. The summed E-state index contributed by atoms with van der Waals surface area (Å²) in [4.78, 5) is 14.2. The molecule has 1 amide bonds. The van der Waals surface area contributed by atoms with Crippen LogP contribution in [0.1, 0.15) is 29.8 Å². The molecule has 0 spiro atoms. The van der Waals surface area contributed by atoms with Gasteiger partial charge in [0, 0.05) is 24.2 Å². The third-order valence-electron chi connectivity index (χ3n) is 3.81. The third kappa shape index (κ3) is 2.14. The summed E-state index contributed by atoms with van der Waals surface area (Å²) < 4.78 is 0. The number of hydrogen-bond donors (Lipinski definition) is 1. The van der Waals surface area contributed by atoms with Gasteiger partial charge in [0.15, 0.2) is 0 Å². The van der Waals surface area contributed by atoms with Crippen molar-refractivity contribution in [2.24, 2.45) is 11.8 Å². The van der Waals surface area contributed by atoms with Crippen LogP contribution in [0, 0.1) is 18.8 Å². The molecule has 1 aromatic carbocycles. The van der Waals surface area contributed by atoms with Crippen LogP contribution < -0.4 is 0 Å². The van der Waals surface area contributed by atoms with Gasteiger partial charge in [0.25, 0.3) is 5.91 Å². The molecule has 1 saturated heterocycles. The van der Waals surface area contributed by atoms with E-state index in [4.69, 9.17) is 0 Å². The smallest absolute Gasteiger partial charge is 0.254 e. The Morgan fingerprint density at radius 1 is 1.29 bits per heavy atom. The lowest BCUT2D eigenvalue weighted by Gasteiger charge is -2.17.